The average molecular weight is 322 g/mol. The van der Waals surface area contributed by atoms with Crippen LogP contribution in [0.1, 0.15) is 12.8 Å². The number of hydrogen-bond acceptors (Lipinski definition) is 5. The molecule has 0 saturated carbocycles. The van der Waals surface area contributed by atoms with Crippen LogP contribution in [0.15, 0.2) is 24.3 Å². The molecule has 7 heteroatoms. The van der Waals surface area contributed by atoms with E-state index in [0.29, 0.717) is 37.4 Å². The van der Waals surface area contributed by atoms with Crippen molar-refractivity contribution < 1.29 is 23.8 Å². The molecule has 2 rings (SSSR count). The Kier molecular flexibility index (Phi) is 6.08. The van der Waals surface area contributed by atoms with Crippen LogP contribution in [0.4, 0.5) is 4.79 Å². The van der Waals surface area contributed by atoms with E-state index in [1.54, 1.807) is 24.1 Å². The Labute approximate surface area is 135 Å². The third kappa shape index (κ3) is 4.77. The molecule has 1 heterocycles. The second kappa shape index (κ2) is 8.26. The molecule has 7 nitrogen and oxygen atoms in total. The number of nitrogens with zero attached hydrogens (tertiary/aromatic N) is 1. The van der Waals surface area contributed by atoms with Crippen molar-refractivity contribution in [2.75, 3.05) is 33.9 Å². The normalized spacial score (nSPS) is 15.0. The summed E-state index contributed by atoms with van der Waals surface area (Å²) in [6.45, 7) is 1.14. The average Bonchev–Trinajstić information content (AvgIpc) is 2.60. The van der Waals surface area contributed by atoms with Gasteiger partial charge >= 0.3 is 6.09 Å². The summed E-state index contributed by atoms with van der Waals surface area (Å²) in [5.74, 6) is 1.07. The Balaban J connectivity index is 1.78. The predicted octanol–water partition coefficient (Wildman–Crippen LogP) is 1.42. The van der Waals surface area contributed by atoms with Gasteiger partial charge in [0.1, 0.15) is 0 Å². The lowest BCUT2D eigenvalue weighted by atomic mass is 10.1. The topological polar surface area (TPSA) is 77.1 Å². The van der Waals surface area contributed by atoms with Crippen LogP contribution in [-0.2, 0) is 9.53 Å². The van der Waals surface area contributed by atoms with Crippen molar-refractivity contribution >= 4 is 12.0 Å². The molecule has 1 aliphatic rings. The van der Waals surface area contributed by atoms with Crippen molar-refractivity contribution in [1.29, 1.82) is 0 Å². The lowest BCUT2D eigenvalue weighted by Gasteiger charge is -2.32. The minimum atomic E-state index is -0.436. The van der Waals surface area contributed by atoms with Crippen molar-refractivity contribution in [3.63, 3.8) is 0 Å². The van der Waals surface area contributed by atoms with Gasteiger partial charge in [0.25, 0.3) is 5.91 Å². The first-order valence-electron chi connectivity index (χ1n) is 7.52. The third-order valence-electron chi connectivity index (χ3n) is 3.78. The molecule has 0 spiro atoms. The highest BCUT2D eigenvalue weighted by Gasteiger charge is 2.24. The minimum absolute atomic E-state index is 0.0323. The molecule has 0 aliphatic carbocycles. The quantitative estimate of drug-likeness (QED) is 0.887. The van der Waals surface area contributed by atoms with Gasteiger partial charge in [0.15, 0.2) is 18.1 Å². The number of nitrogens with one attached hydrogen (secondary N) is 1. The van der Waals surface area contributed by atoms with Crippen molar-refractivity contribution in [1.82, 2.24) is 10.2 Å². The molecule has 23 heavy (non-hydrogen) atoms. The van der Waals surface area contributed by atoms with Gasteiger partial charge in [-0.15, -0.1) is 0 Å². The maximum absolute atomic E-state index is 12.2. The van der Waals surface area contributed by atoms with Crippen molar-refractivity contribution in [2.45, 2.75) is 18.9 Å². The largest absolute Gasteiger partial charge is 0.493 e. The molecule has 1 N–H and O–H groups in total. The lowest BCUT2D eigenvalue weighted by molar-refractivity contribution is -0.134. The number of likely N-dealkylation sites (tertiary alicyclic amines) is 1. The first kappa shape index (κ1) is 16.9. The number of carbonyl (C=O) groups is 2. The highest BCUT2D eigenvalue weighted by atomic mass is 16.5. The van der Waals surface area contributed by atoms with Gasteiger partial charge < -0.3 is 24.4 Å². The standard InChI is InChI=1S/C16H22N2O5/c1-21-13-5-3-4-6-14(13)23-11-15(19)18-9-7-12(8-10-18)17-16(20)22-2/h3-6,12H,7-11H2,1-2H3,(H,17,20). The van der Waals surface area contributed by atoms with E-state index in [9.17, 15) is 9.59 Å². The highest BCUT2D eigenvalue weighted by molar-refractivity contribution is 5.78. The van der Waals surface area contributed by atoms with Crippen LogP contribution in [0.2, 0.25) is 0 Å². The molecule has 1 fully saturated rings. The molecular weight excluding hydrogens is 300 g/mol. The summed E-state index contributed by atoms with van der Waals surface area (Å²) in [5.41, 5.74) is 0. The first-order chi connectivity index (χ1) is 11.1. The van der Waals surface area contributed by atoms with E-state index in [1.807, 2.05) is 12.1 Å². The Morgan fingerprint density at radius 3 is 2.43 bits per heavy atom. The smallest absolute Gasteiger partial charge is 0.407 e. The summed E-state index contributed by atoms with van der Waals surface area (Å²) in [6, 6.07) is 7.25. The van der Waals surface area contributed by atoms with Crippen LogP contribution in [0.3, 0.4) is 0 Å². The van der Waals surface area contributed by atoms with Crippen LogP contribution in [0.25, 0.3) is 0 Å². The fourth-order valence-corrected chi connectivity index (χ4v) is 2.47. The van der Waals surface area contributed by atoms with Crippen molar-refractivity contribution in [3.05, 3.63) is 24.3 Å². The lowest BCUT2D eigenvalue weighted by Crippen LogP contribution is -2.47. The Morgan fingerprint density at radius 1 is 1.17 bits per heavy atom. The van der Waals surface area contributed by atoms with Crippen LogP contribution >= 0.6 is 0 Å². The number of benzene rings is 1. The molecule has 1 aromatic carbocycles. The summed E-state index contributed by atoms with van der Waals surface area (Å²) in [5, 5.41) is 2.75. The number of amides is 2. The zero-order valence-corrected chi connectivity index (χ0v) is 13.4. The number of rotatable bonds is 5. The van der Waals surface area contributed by atoms with Crippen molar-refractivity contribution in [3.8, 4) is 11.5 Å². The predicted molar refractivity (Wildman–Crippen MR) is 83.6 cm³/mol. The van der Waals surface area contributed by atoms with Crippen LogP contribution in [-0.4, -0.2) is 56.9 Å². The Bertz CT molecular complexity index is 541. The molecule has 0 atom stereocenters. The molecule has 0 bridgehead atoms. The maximum Gasteiger partial charge on any atom is 0.407 e. The van der Waals surface area contributed by atoms with Gasteiger partial charge in [0, 0.05) is 19.1 Å². The van der Waals surface area contributed by atoms with Crippen LogP contribution < -0.4 is 14.8 Å². The SMILES string of the molecule is COC(=O)NC1CCN(C(=O)COc2ccccc2OC)CC1. The summed E-state index contributed by atoms with van der Waals surface area (Å²) in [4.78, 5) is 25.1. The second-order valence-electron chi connectivity index (χ2n) is 5.23. The van der Waals surface area contributed by atoms with E-state index < -0.39 is 6.09 Å². The van der Waals surface area contributed by atoms with E-state index in [0.717, 1.165) is 0 Å². The number of carbonyl (C=O) groups excluding carboxylic acids is 2. The molecular formula is C16H22N2O5. The maximum atomic E-state index is 12.2. The second-order valence-corrected chi connectivity index (χ2v) is 5.23. The molecule has 2 amide bonds. The van der Waals surface area contributed by atoms with E-state index in [2.05, 4.69) is 10.1 Å². The molecule has 1 aromatic rings. The van der Waals surface area contributed by atoms with Gasteiger partial charge in [-0.1, -0.05) is 12.1 Å². The Morgan fingerprint density at radius 2 is 1.83 bits per heavy atom. The molecule has 1 aliphatic heterocycles. The van der Waals surface area contributed by atoms with Crippen LogP contribution in [0.5, 0.6) is 11.5 Å². The number of ether oxygens (including phenoxy) is 3. The summed E-state index contributed by atoms with van der Waals surface area (Å²) >= 11 is 0. The monoisotopic (exact) mass is 322 g/mol. The van der Waals surface area contributed by atoms with Gasteiger partial charge in [-0.2, -0.15) is 0 Å². The number of methoxy groups -OCH3 is 2. The van der Waals surface area contributed by atoms with E-state index in [1.165, 1.54) is 7.11 Å². The number of alkyl carbamates (subject to hydrolysis) is 1. The summed E-state index contributed by atoms with van der Waals surface area (Å²) < 4.78 is 15.3. The molecule has 126 valence electrons. The van der Waals surface area contributed by atoms with Gasteiger partial charge in [-0.05, 0) is 25.0 Å². The zero-order chi connectivity index (χ0) is 16.7. The third-order valence-corrected chi connectivity index (χ3v) is 3.78. The number of hydrogen-bond donors (Lipinski definition) is 1. The summed E-state index contributed by atoms with van der Waals surface area (Å²) in [6.07, 6.45) is 0.972. The minimum Gasteiger partial charge on any atom is -0.493 e. The van der Waals surface area contributed by atoms with E-state index >= 15 is 0 Å². The fraction of sp³-hybridized carbons (Fsp3) is 0.500. The Hall–Kier alpha value is -2.44. The first-order valence-corrected chi connectivity index (χ1v) is 7.52. The van der Waals surface area contributed by atoms with E-state index in [-0.39, 0.29) is 18.6 Å². The molecule has 0 radical (unpaired) electrons. The number of para-hydroxylation sites is 2. The van der Waals surface area contributed by atoms with Gasteiger partial charge in [-0.3, -0.25) is 4.79 Å². The van der Waals surface area contributed by atoms with Crippen molar-refractivity contribution in [2.24, 2.45) is 0 Å². The molecule has 1 saturated heterocycles. The van der Waals surface area contributed by atoms with Gasteiger partial charge in [-0.25, -0.2) is 4.79 Å². The number of piperidine rings is 1. The van der Waals surface area contributed by atoms with E-state index in [4.69, 9.17) is 9.47 Å². The molecule has 0 aromatic heterocycles. The highest BCUT2D eigenvalue weighted by Crippen LogP contribution is 2.25. The fourth-order valence-electron chi connectivity index (χ4n) is 2.47. The zero-order valence-electron chi connectivity index (χ0n) is 13.4. The summed E-state index contributed by atoms with van der Waals surface area (Å²) in [7, 11) is 2.90. The van der Waals surface area contributed by atoms with Gasteiger partial charge in [0.05, 0.1) is 14.2 Å². The van der Waals surface area contributed by atoms with Crippen LogP contribution in [0, 0.1) is 0 Å². The van der Waals surface area contributed by atoms with Gasteiger partial charge in [0.2, 0.25) is 0 Å². The molecule has 0 unspecified atom stereocenters.